The molecule has 1 fully saturated rings. The van der Waals surface area contributed by atoms with Crippen molar-refractivity contribution >= 4 is 5.91 Å². The van der Waals surface area contributed by atoms with Gasteiger partial charge in [0.25, 0.3) is 5.91 Å². The number of hydrogen-bond donors (Lipinski definition) is 1. The highest BCUT2D eigenvalue weighted by molar-refractivity contribution is 5.92. The van der Waals surface area contributed by atoms with Crippen LogP contribution in [0.2, 0.25) is 0 Å². The first kappa shape index (κ1) is 14.1. The van der Waals surface area contributed by atoms with Crippen LogP contribution in [0.1, 0.15) is 35.9 Å². The van der Waals surface area contributed by atoms with Crippen LogP contribution < -0.4 is 5.32 Å². The van der Waals surface area contributed by atoms with Crippen LogP contribution in [-0.2, 0) is 13.5 Å². The van der Waals surface area contributed by atoms with Gasteiger partial charge >= 0.3 is 0 Å². The number of amides is 1. The van der Waals surface area contributed by atoms with Crippen molar-refractivity contribution in [2.75, 3.05) is 26.7 Å². The van der Waals surface area contributed by atoms with Gasteiger partial charge in [-0.25, -0.2) is 0 Å². The summed E-state index contributed by atoms with van der Waals surface area (Å²) in [6.07, 6.45) is 3.16. The van der Waals surface area contributed by atoms with Gasteiger partial charge in [0.2, 0.25) is 0 Å². The molecule has 19 heavy (non-hydrogen) atoms. The van der Waals surface area contributed by atoms with Crippen molar-refractivity contribution in [3.63, 3.8) is 0 Å². The number of aromatic nitrogens is 2. The first-order chi connectivity index (χ1) is 9.15. The minimum absolute atomic E-state index is 0.121. The zero-order valence-electron chi connectivity index (χ0n) is 12.1. The number of nitrogens with one attached hydrogen (secondary N) is 1. The second-order valence-corrected chi connectivity index (χ2v) is 5.32. The number of hydrogen-bond acceptors (Lipinski definition) is 3. The molecule has 106 valence electrons. The molecule has 0 radical (unpaired) electrons. The molecule has 0 spiro atoms. The van der Waals surface area contributed by atoms with Crippen molar-refractivity contribution in [2.24, 2.45) is 13.0 Å². The van der Waals surface area contributed by atoms with Gasteiger partial charge in [-0.1, -0.05) is 6.92 Å². The molecule has 1 aliphatic heterocycles. The van der Waals surface area contributed by atoms with Crippen molar-refractivity contribution in [1.82, 2.24) is 20.0 Å². The second-order valence-electron chi connectivity index (χ2n) is 5.32. The molecule has 0 bridgehead atoms. The molecule has 1 N–H and O–H groups in total. The smallest absolute Gasteiger partial charge is 0.272 e. The maximum atomic E-state index is 12.5. The van der Waals surface area contributed by atoms with Crippen LogP contribution in [0.4, 0.5) is 0 Å². The number of piperidine rings is 1. The molecule has 0 aliphatic carbocycles. The largest absolute Gasteiger partial charge is 0.337 e. The zero-order chi connectivity index (χ0) is 13.8. The minimum atomic E-state index is 0.121. The topological polar surface area (TPSA) is 50.2 Å². The molecule has 1 amide bonds. The zero-order valence-corrected chi connectivity index (χ0v) is 12.1. The van der Waals surface area contributed by atoms with E-state index in [0.29, 0.717) is 11.6 Å². The first-order valence-electron chi connectivity index (χ1n) is 7.12. The second kappa shape index (κ2) is 6.19. The molecule has 1 unspecified atom stereocenters. The lowest BCUT2D eigenvalue weighted by molar-refractivity contribution is 0.0663. The van der Waals surface area contributed by atoms with Crippen molar-refractivity contribution in [3.8, 4) is 0 Å². The highest BCUT2D eigenvalue weighted by Crippen LogP contribution is 2.18. The van der Waals surface area contributed by atoms with Crippen molar-refractivity contribution in [2.45, 2.75) is 26.2 Å². The average Bonchev–Trinajstić information content (AvgIpc) is 2.80. The lowest BCUT2D eigenvalue weighted by atomic mass is 9.98. The summed E-state index contributed by atoms with van der Waals surface area (Å²) in [6.45, 7) is 4.76. The standard InChI is InChI=1S/C14H24N4O/c1-4-12-8-13(17(3)16-12)14(19)18-7-5-6-11(10-18)9-15-2/h8,11,15H,4-7,9-10H2,1-3H3. The Balaban J connectivity index is 2.07. The average molecular weight is 264 g/mol. The Labute approximate surface area is 115 Å². The van der Waals surface area contributed by atoms with Gasteiger partial charge in [-0.15, -0.1) is 0 Å². The van der Waals surface area contributed by atoms with E-state index in [1.54, 1.807) is 4.68 Å². The summed E-state index contributed by atoms with van der Waals surface area (Å²) in [4.78, 5) is 14.5. The summed E-state index contributed by atoms with van der Waals surface area (Å²) in [7, 11) is 3.82. The van der Waals surface area contributed by atoms with Crippen LogP contribution in [0, 0.1) is 5.92 Å². The minimum Gasteiger partial charge on any atom is -0.337 e. The van der Waals surface area contributed by atoms with Gasteiger partial charge in [-0.3, -0.25) is 9.48 Å². The van der Waals surface area contributed by atoms with E-state index in [4.69, 9.17) is 0 Å². The molecule has 1 saturated heterocycles. The molecule has 2 heterocycles. The Hall–Kier alpha value is -1.36. The first-order valence-corrected chi connectivity index (χ1v) is 7.12. The number of likely N-dealkylation sites (tertiary alicyclic amines) is 1. The normalized spacial score (nSPS) is 19.7. The SMILES string of the molecule is CCc1cc(C(=O)N2CCCC(CNC)C2)n(C)n1. The molecular formula is C14H24N4O. The van der Waals surface area contributed by atoms with Crippen LogP contribution >= 0.6 is 0 Å². The van der Waals surface area contributed by atoms with E-state index < -0.39 is 0 Å². The maximum absolute atomic E-state index is 12.5. The van der Waals surface area contributed by atoms with Gasteiger partial charge in [0.1, 0.15) is 5.69 Å². The monoisotopic (exact) mass is 264 g/mol. The number of rotatable bonds is 4. The van der Waals surface area contributed by atoms with Gasteiger partial charge < -0.3 is 10.2 Å². The third kappa shape index (κ3) is 3.15. The quantitative estimate of drug-likeness (QED) is 0.884. The molecule has 2 rings (SSSR count). The fourth-order valence-electron chi connectivity index (χ4n) is 2.77. The molecular weight excluding hydrogens is 240 g/mol. The summed E-state index contributed by atoms with van der Waals surface area (Å²) < 4.78 is 1.71. The summed E-state index contributed by atoms with van der Waals surface area (Å²) in [6, 6.07) is 1.92. The van der Waals surface area contributed by atoms with Gasteiger partial charge in [0.15, 0.2) is 0 Å². The van der Waals surface area contributed by atoms with E-state index in [1.807, 2.05) is 25.1 Å². The highest BCUT2D eigenvalue weighted by atomic mass is 16.2. The lowest BCUT2D eigenvalue weighted by Crippen LogP contribution is -2.43. The maximum Gasteiger partial charge on any atom is 0.272 e. The Morgan fingerprint density at radius 3 is 3.00 bits per heavy atom. The van der Waals surface area contributed by atoms with E-state index in [-0.39, 0.29) is 5.91 Å². The summed E-state index contributed by atoms with van der Waals surface area (Å²) in [5.41, 5.74) is 1.69. The Morgan fingerprint density at radius 1 is 1.58 bits per heavy atom. The molecule has 5 nitrogen and oxygen atoms in total. The fraction of sp³-hybridized carbons (Fsp3) is 0.714. The Bertz CT molecular complexity index is 439. The predicted octanol–water partition coefficient (Wildman–Crippen LogP) is 1.05. The van der Waals surface area contributed by atoms with Gasteiger partial charge in [0.05, 0.1) is 5.69 Å². The third-order valence-electron chi connectivity index (χ3n) is 3.81. The van der Waals surface area contributed by atoms with Crippen LogP contribution in [-0.4, -0.2) is 47.3 Å². The van der Waals surface area contributed by atoms with Gasteiger partial charge in [-0.2, -0.15) is 5.10 Å². The molecule has 0 aromatic carbocycles. The van der Waals surface area contributed by atoms with Crippen LogP contribution in [0.3, 0.4) is 0 Å². The van der Waals surface area contributed by atoms with Gasteiger partial charge in [-0.05, 0) is 44.8 Å². The summed E-state index contributed by atoms with van der Waals surface area (Å²) in [5, 5.41) is 7.56. The van der Waals surface area contributed by atoms with Crippen molar-refractivity contribution in [1.29, 1.82) is 0 Å². The lowest BCUT2D eigenvalue weighted by Gasteiger charge is -2.32. The molecule has 1 aliphatic rings. The predicted molar refractivity (Wildman–Crippen MR) is 75.1 cm³/mol. The molecule has 1 aromatic rings. The number of aryl methyl sites for hydroxylation is 2. The molecule has 1 aromatic heterocycles. The van der Waals surface area contributed by atoms with Crippen LogP contribution in [0.15, 0.2) is 6.07 Å². The Kier molecular flexibility index (Phi) is 4.58. The summed E-state index contributed by atoms with van der Waals surface area (Å²) >= 11 is 0. The van der Waals surface area contributed by atoms with Crippen LogP contribution in [0.5, 0.6) is 0 Å². The van der Waals surface area contributed by atoms with E-state index in [9.17, 15) is 4.79 Å². The van der Waals surface area contributed by atoms with E-state index >= 15 is 0 Å². The van der Waals surface area contributed by atoms with E-state index in [1.165, 1.54) is 6.42 Å². The molecule has 5 heteroatoms. The highest BCUT2D eigenvalue weighted by Gasteiger charge is 2.26. The number of carbonyl (C=O) groups excluding carboxylic acids is 1. The Morgan fingerprint density at radius 2 is 2.37 bits per heavy atom. The van der Waals surface area contributed by atoms with Crippen molar-refractivity contribution < 1.29 is 4.79 Å². The van der Waals surface area contributed by atoms with Crippen molar-refractivity contribution in [3.05, 3.63) is 17.5 Å². The number of nitrogens with zero attached hydrogens (tertiary/aromatic N) is 3. The fourth-order valence-corrected chi connectivity index (χ4v) is 2.77. The third-order valence-corrected chi connectivity index (χ3v) is 3.81. The van der Waals surface area contributed by atoms with E-state index in [2.05, 4.69) is 17.3 Å². The van der Waals surface area contributed by atoms with Gasteiger partial charge in [0, 0.05) is 20.1 Å². The van der Waals surface area contributed by atoms with Crippen LogP contribution in [0.25, 0.3) is 0 Å². The number of carbonyl (C=O) groups is 1. The van der Waals surface area contributed by atoms with E-state index in [0.717, 1.165) is 38.2 Å². The molecule has 0 saturated carbocycles. The summed E-state index contributed by atoms with van der Waals surface area (Å²) in [5.74, 6) is 0.692. The molecule has 1 atom stereocenters.